The first kappa shape index (κ1) is 17.9. The van der Waals surface area contributed by atoms with Crippen LogP contribution in [0.1, 0.15) is 54.4 Å². The molecule has 1 heterocycles. The van der Waals surface area contributed by atoms with E-state index in [-0.39, 0.29) is 29.1 Å². The number of hydrogen-bond donors (Lipinski definition) is 1. The van der Waals surface area contributed by atoms with Crippen LogP contribution in [0.5, 0.6) is 0 Å². The maximum Gasteiger partial charge on any atom is 0.225 e. The summed E-state index contributed by atoms with van der Waals surface area (Å²) in [6.07, 6.45) is 1.68. The molecule has 2 amide bonds. The monoisotopic (exact) mass is 270 g/mol. The average Bonchev–Trinajstić information content (AvgIpc) is 2.38. The molecule has 0 radical (unpaired) electrons. The Morgan fingerprint density at radius 2 is 1.79 bits per heavy atom. The van der Waals surface area contributed by atoms with Crippen molar-refractivity contribution >= 4 is 11.8 Å². The highest BCUT2D eigenvalue weighted by molar-refractivity contribution is 5.81. The van der Waals surface area contributed by atoms with Gasteiger partial charge in [-0.25, -0.2) is 0 Å². The van der Waals surface area contributed by atoms with Gasteiger partial charge in [0.05, 0.1) is 5.92 Å². The molecule has 0 aliphatic carbocycles. The lowest BCUT2D eigenvalue weighted by Gasteiger charge is -2.36. The third-order valence-corrected chi connectivity index (χ3v) is 3.80. The van der Waals surface area contributed by atoms with E-state index in [4.69, 9.17) is 5.73 Å². The van der Waals surface area contributed by atoms with Gasteiger partial charge in [0.2, 0.25) is 11.8 Å². The highest BCUT2D eigenvalue weighted by atomic mass is 16.2. The molecule has 1 saturated heterocycles. The number of carbonyl (C=O) groups excluding carboxylic acids is 2. The Morgan fingerprint density at radius 1 is 1.26 bits per heavy atom. The zero-order valence-corrected chi connectivity index (χ0v) is 13.3. The number of piperidine rings is 1. The Balaban J connectivity index is 0.00000154. The van der Waals surface area contributed by atoms with E-state index in [1.165, 1.54) is 0 Å². The van der Waals surface area contributed by atoms with Gasteiger partial charge in [0.1, 0.15) is 0 Å². The minimum Gasteiger partial charge on any atom is -0.369 e. The molecule has 0 spiro atoms. The van der Waals surface area contributed by atoms with Gasteiger partial charge in [-0.15, -0.1) is 0 Å². The van der Waals surface area contributed by atoms with Crippen LogP contribution in [0.15, 0.2) is 0 Å². The van der Waals surface area contributed by atoms with Crippen molar-refractivity contribution in [1.82, 2.24) is 4.90 Å². The van der Waals surface area contributed by atoms with Gasteiger partial charge in [-0.3, -0.25) is 9.59 Å². The Labute approximate surface area is 117 Å². The normalized spacial score (nSPS) is 21.2. The summed E-state index contributed by atoms with van der Waals surface area (Å²) in [5, 5.41) is 0. The maximum atomic E-state index is 12.3. The van der Waals surface area contributed by atoms with Crippen LogP contribution < -0.4 is 5.73 Å². The van der Waals surface area contributed by atoms with Crippen LogP contribution in [0.4, 0.5) is 0 Å². The maximum absolute atomic E-state index is 12.3. The average molecular weight is 270 g/mol. The van der Waals surface area contributed by atoms with Crippen molar-refractivity contribution < 1.29 is 9.59 Å². The fourth-order valence-corrected chi connectivity index (χ4v) is 2.05. The van der Waals surface area contributed by atoms with E-state index in [1.54, 1.807) is 4.90 Å². The molecule has 1 rings (SSSR count). The Morgan fingerprint density at radius 3 is 2.21 bits per heavy atom. The van der Waals surface area contributed by atoms with Crippen LogP contribution in [0.25, 0.3) is 0 Å². The summed E-state index contributed by atoms with van der Waals surface area (Å²) < 4.78 is 0. The number of nitrogens with zero attached hydrogens (tertiary/aromatic N) is 1. The van der Waals surface area contributed by atoms with Crippen molar-refractivity contribution in [3.8, 4) is 0 Å². The third kappa shape index (κ3) is 5.21. The molecule has 0 aromatic carbocycles. The molecule has 2 N–H and O–H groups in total. The van der Waals surface area contributed by atoms with Gasteiger partial charge in [0, 0.05) is 19.0 Å². The SMILES string of the molecule is CC.CC(C(=O)N1CCCC(C(N)=O)C1)C(C)(C)C. The van der Waals surface area contributed by atoms with Crippen molar-refractivity contribution in [3.63, 3.8) is 0 Å². The predicted octanol–water partition coefficient (Wildman–Crippen LogP) is 2.42. The van der Waals surface area contributed by atoms with E-state index >= 15 is 0 Å². The first-order valence-corrected chi connectivity index (χ1v) is 7.31. The Bertz CT molecular complexity index is 308. The molecule has 0 aromatic rings. The molecule has 4 heteroatoms. The van der Waals surface area contributed by atoms with Gasteiger partial charge < -0.3 is 10.6 Å². The van der Waals surface area contributed by atoms with E-state index in [2.05, 4.69) is 20.8 Å². The summed E-state index contributed by atoms with van der Waals surface area (Å²) >= 11 is 0. The number of nitrogens with two attached hydrogens (primary N) is 1. The van der Waals surface area contributed by atoms with E-state index < -0.39 is 0 Å². The zero-order chi connectivity index (χ0) is 15.2. The lowest BCUT2D eigenvalue weighted by atomic mass is 9.80. The molecule has 19 heavy (non-hydrogen) atoms. The summed E-state index contributed by atoms with van der Waals surface area (Å²) in [5.74, 6) is -0.344. The van der Waals surface area contributed by atoms with Crippen molar-refractivity contribution in [3.05, 3.63) is 0 Å². The van der Waals surface area contributed by atoms with Crippen molar-refractivity contribution in [2.45, 2.75) is 54.4 Å². The molecule has 0 saturated carbocycles. The topological polar surface area (TPSA) is 63.4 Å². The minimum absolute atomic E-state index is 0.0332. The highest BCUT2D eigenvalue weighted by Gasteiger charge is 2.33. The minimum atomic E-state index is -0.286. The molecule has 1 fully saturated rings. The molecule has 0 aromatic heterocycles. The Hall–Kier alpha value is -1.06. The van der Waals surface area contributed by atoms with Gasteiger partial charge >= 0.3 is 0 Å². The molecular weight excluding hydrogens is 240 g/mol. The van der Waals surface area contributed by atoms with Gasteiger partial charge in [0.25, 0.3) is 0 Å². The van der Waals surface area contributed by atoms with Crippen LogP contribution in [-0.4, -0.2) is 29.8 Å². The highest BCUT2D eigenvalue weighted by Crippen LogP contribution is 2.28. The summed E-state index contributed by atoms with van der Waals surface area (Å²) in [6, 6.07) is 0. The summed E-state index contributed by atoms with van der Waals surface area (Å²) in [6.45, 7) is 13.4. The molecular formula is C15H30N2O2. The van der Waals surface area contributed by atoms with Crippen LogP contribution in [0, 0.1) is 17.3 Å². The lowest BCUT2D eigenvalue weighted by Crippen LogP contribution is -2.47. The fourth-order valence-electron chi connectivity index (χ4n) is 2.05. The van der Waals surface area contributed by atoms with Crippen molar-refractivity contribution in [1.29, 1.82) is 0 Å². The fraction of sp³-hybridized carbons (Fsp3) is 0.867. The van der Waals surface area contributed by atoms with E-state index in [9.17, 15) is 9.59 Å². The number of rotatable bonds is 2. The second kappa shape index (κ2) is 7.51. The lowest BCUT2D eigenvalue weighted by molar-refractivity contribution is -0.141. The first-order valence-electron chi connectivity index (χ1n) is 7.31. The molecule has 1 aliphatic heterocycles. The van der Waals surface area contributed by atoms with Gasteiger partial charge in [-0.1, -0.05) is 41.5 Å². The second-order valence-corrected chi connectivity index (χ2v) is 6.11. The van der Waals surface area contributed by atoms with Crippen LogP contribution in [0.2, 0.25) is 0 Å². The van der Waals surface area contributed by atoms with Crippen LogP contribution in [0.3, 0.4) is 0 Å². The summed E-state index contributed by atoms with van der Waals surface area (Å²) in [4.78, 5) is 25.3. The van der Waals surface area contributed by atoms with E-state index in [0.29, 0.717) is 6.54 Å². The van der Waals surface area contributed by atoms with Crippen molar-refractivity contribution in [2.24, 2.45) is 23.0 Å². The number of amides is 2. The number of likely N-dealkylation sites (tertiary alicyclic amines) is 1. The largest absolute Gasteiger partial charge is 0.369 e. The molecule has 112 valence electrons. The molecule has 2 unspecified atom stereocenters. The quantitative estimate of drug-likeness (QED) is 0.837. The van der Waals surface area contributed by atoms with E-state index in [0.717, 1.165) is 19.4 Å². The third-order valence-electron chi connectivity index (χ3n) is 3.80. The van der Waals surface area contributed by atoms with Crippen LogP contribution in [-0.2, 0) is 9.59 Å². The van der Waals surface area contributed by atoms with E-state index in [1.807, 2.05) is 20.8 Å². The van der Waals surface area contributed by atoms with Gasteiger partial charge in [-0.2, -0.15) is 0 Å². The van der Waals surface area contributed by atoms with Crippen molar-refractivity contribution in [2.75, 3.05) is 13.1 Å². The number of hydrogen-bond acceptors (Lipinski definition) is 2. The molecule has 0 bridgehead atoms. The number of primary amides is 1. The zero-order valence-electron chi connectivity index (χ0n) is 13.3. The second-order valence-electron chi connectivity index (χ2n) is 6.11. The number of carbonyl (C=O) groups is 2. The standard InChI is InChI=1S/C13H24N2O2.C2H6/c1-9(13(2,3)4)12(17)15-7-5-6-10(8-15)11(14)16;1-2/h9-10H,5-8H2,1-4H3,(H2,14,16);1-2H3. The van der Waals surface area contributed by atoms with Gasteiger partial charge in [0.15, 0.2) is 0 Å². The summed E-state index contributed by atoms with van der Waals surface area (Å²) in [7, 11) is 0. The predicted molar refractivity (Wildman–Crippen MR) is 78.5 cm³/mol. The smallest absolute Gasteiger partial charge is 0.225 e. The molecule has 1 aliphatic rings. The first-order chi connectivity index (χ1) is 8.73. The molecule has 2 atom stereocenters. The van der Waals surface area contributed by atoms with Crippen LogP contribution >= 0.6 is 0 Å². The molecule has 4 nitrogen and oxygen atoms in total. The Kier molecular flexibility index (Phi) is 7.09. The summed E-state index contributed by atoms with van der Waals surface area (Å²) in [5.41, 5.74) is 5.27. The van der Waals surface area contributed by atoms with Gasteiger partial charge in [-0.05, 0) is 18.3 Å².